The average Bonchev–Trinajstić information content (AvgIpc) is 3.24. The molecule has 0 aromatic heterocycles. The predicted molar refractivity (Wildman–Crippen MR) is 265 cm³/mol. The van der Waals surface area contributed by atoms with Gasteiger partial charge in [0.15, 0.2) is 0 Å². The first-order valence-electron chi connectivity index (χ1n) is 27.6. The van der Waals surface area contributed by atoms with Crippen LogP contribution < -0.4 is 0 Å². The molecule has 3 N–H and O–H groups in total. The van der Waals surface area contributed by atoms with Gasteiger partial charge in [0, 0.05) is 19.8 Å². The predicted octanol–water partition coefficient (Wildman–Crippen LogP) is 19.1. The van der Waals surface area contributed by atoms with E-state index in [1.54, 1.807) is 0 Å². The Bertz CT molecular complexity index is 560. The van der Waals surface area contributed by atoms with E-state index in [4.69, 9.17) is 15.3 Å². The lowest BCUT2D eigenvalue weighted by Gasteiger charge is -2.04. The van der Waals surface area contributed by atoms with E-state index in [-0.39, 0.29) is 0 Å². The van der Waals surface area contributed by atoms with Crippen LogP contribution in [0.2, 0.25) is 0 Å². The molecule has 0 unspecified atom stereocenters. The summed E-state index contributed by atoms with van der Waals surface area (Å²) < 4.78 is 0. The SMILES string of the molecule is CCCCCCCCCCCCCCCCCCCCCCCCCCO.CCCCCCCCCCCCCCCCCCO.CCCCCCCCCCCO. The molecule has 0 aromatic rings. The third-order valence-electron chi connectivity index (χ3n) is 12.3. The van der Waals surface area contributed by atoms with Gasteiger partial charge in [-0.15, -0.1) is 0 Å². The first-order chi connectivity index (χ1) is 28.7. The highest BCUT2D eigenvalue weighted by Crippen LogP contribution is 2.17. The van der Waals surface area contributed by atoms with Gasteiger partial charge in [0.1, 0.15) is 0 Å². The zero-order valence-electron chi connectivity index (χ0n) is 41.1. The van der Waals surface area contributed by atoms with Gasteiger partial charge in [0.25, 0.3) is 0 Å². The van der Waals surface area contributed by atoms with Gasteiger partial charge in [-0.1, -0.05) is 316 Å². The molecule has 3 heteroatoms. The summed E-state index contributed by atoms with van der Waals surface area (Å²) in [4.78, 5) is 0. The van der Waals surface area contributed by atoms with Crippen LogP contribution in [0.4, 0.5) is 0 Å². The van der Waals surface area contributed by atoms with Crippen molar-refractivity contribution in [2.45, 2.75) is 335 Å². The van der Waals surface area contributed by atoms with Crippen molar-refractivity contribution in [1.29, 1.82) is 0 Å². The Morgan fingerprint density at radius 2 is 0.224 bits per heavy atom. The number of unbranched alkanes of at least 4 members (excludes halogenated alkanes) is 46. The number of hydrogen-bond donors (Lipinski definition) is 3. The van der Waals surface area contributed by atoms with E-state index >= 15 is 0 Å². The molecular weight excluding hydrogens is 709 g/mol. The van der Waals surface area contributed by atoms with Crippen LogP contribution in [0.25, 0.3) is 0 Å². The molecule has 0 atom stereocenters. The van der Waals surface area contributed by atoms with E-state index < -0.39 is 0 Å². The minimum atomic E-state index is 0.371. The van der Waals surface area contributed by atoms with Crippen molar-refractivity contribution in [3.8, 4) is 0 Å². The van der Waals surface area contributed by atoms with Gasteiger partial charge in [-0.2, -0.15) is 0 Å². The number of hydrogen-bond acceptors (Lipinski definition) is 3. The van der Waals surface area contributed by atoms with Crippen molar-refractivity contribution in [2.24, 2.45) is 0 Å². The summed E-state index contributed by atoms with van der Waals surface area (Å²) in [6.07, 6.45) is 68.1. The molecule has 0 rings (SSSR count). The molecule has 0 amide bonds. The maximum absolute atomic E-state index is 8.74. The van der Waals surface area contributed by atoms with Gasteiger partial charge in [-0.3, -0.25) is 0 Å². The summed E-state index contributed by atoms with van der Waals surface area (Å²) in [5.41, 5.74) is 0. The Labute approximate surface area is 369 Å². The summed E-state index contributed by atoms with van der Waals surface area (Å²) in [7, 11) is 0. The second kappa shape index (κ2) is 66.0. The molecule has 0 aromatic carbocycles. The minimum Gasteiger partial charge on any atom is -0.396 e. The summed E-state index contributed by atoms with van der Waals surface area (Å²) in [6.45, 7) is 7.95. The standard InChI is InChI=1S/C26H54O.C18H38O.C11H24O/c1-2-3-4-5-6-7-8-9-10-11-12-13-14-15-16-17-18-19-20-21-22-23-24-25-26-27;1-2-3-4-5-6-7-8-9-10-11-12-13-14-15-16-17-18-19;1-2-3-4-5-6-7-8-9-10-11-12/h27H,2-26H2,1H3;19H,2-18H2,1H3;12H,2-11H2,1H3. The molecule has 0 bridgehead atoms. The number of aliphatic hydroxyl groups excluding tert-OH is 3. The van der Waals surface area contributed by atoms with E-state index in [2.05, 4.69) is 20.8 Å². The molecule has 0 radical (unpaired) electrons. The van der Waals surface area contributed by atoms with Gasteiger partial charge in [0.2, 0.25) is 0 Å². The van der Waals surface area contributed by atoms with Crippen molar-refractivity contribution in [1.82, 2.24) is 0 Å². The Balaban J connectivity index is -0.000000847. The summed E-state index contributed by atoms with van der Waals surface area (Å²) >= 11 is 0. The van der Waals surface area contributed by atoms with Crippen molar-refractivity contribution in [2.75, 3.05) is 19.8 Å². The quantitative estimate of drug-likeness (QED) is 0.0536. The molecule has 0 aliphatic rings. The van der Waals surface area contributed by atoms with Crippen molar-refractivity contribution in [3.63, 3.8) is 0 Å². The van der Waals surface area contributed by atoms with Crippen LogP contribution in [0, 0.1) is 0 Å². The molecule has 0 heterocycles. The highest BCUT2D eigenvalue weighted by atomic mass is 16.3. The monoisotopic (exact) mass is 825 g/mol. The highest BCUT2D eigenvalue weighted by molar-refractivity contribution is 4.53. The topological polar surface area (TPSA) is 60.7 Å². The van der Waals surface area contributed by atoms with E-state index in [1.165, 1.54) is 295 Å². The van der Waals surface area contributed by atoms with Gasteiger partial charge >= 0.3 is 0 Å². The lowest BCUT2D eigenvalue weighted by Crippen LogP contribution is -1.85. The van der Waals surface area contributed by atoms with E-state index in [9.17, 15) is 0 Å². The molecule has 0 saturated heterocycles. The second-order valence-electron chi connectivity index (χ2n) is 18.4. The van der Waals surface area contributed by atoms with Crippen LogP contribution in [-0.2, 0) is 0 Å². The lowest BCUT2D eigenvalue weighted by atomic mass is 10.0. The number of aliphatic hydroxyl groups is 3. The Kier molecular flexibility index (Phi) is 70.7. The largest absolute Gasteiger partial charge is 0.396 e. The molecule has 0 aliphatic carbocycles. The third-order valence-corrected chi connectivity index (χ3v) is 12.3. The summed E-state index contributed by atoms with van der Waals surface area (Å²) in [6, 6.07) is 0. The Morgan fingerprint density at radius 3 is 0.310 bits per heavy atom. The smallest absolute Gasteiger partial charge is 0.0431 e. The first-order valence-corrected chi connectivity index (χ1v) is 27.6. The van der Waals surface area contributed by atoms with Gasteiger partial charge in [-0.05, 0) is 19.3 Å². The van der Waals surface area contributed by atoms with E-state index in [1.807, 2.05) is 0 Å². The van der Waals surface area contributed by atoms with Crippen molar-refractivity contribution in [3.05, 3.63) is 0 Å². The van der Waals surface area contributed by atoms with Gasteiger partial charge < -0.3 is 15.3 Å². The minimum absolute atomic E-state index is 0.371. The maximum Gasteiger partial charge on any atom is 0.0431 e. The van der Waals surface area contributed by atoms with E-state index in [0.29, 0.717) is 19.8 Å². The summed E-state index contributed by atoms with van der Waals surface area (Å²) in [5.74, 6) is 0. The van der Waals surface area contributed by atoms with E-state index in [0.717, 1.165) is 19.3 Å². The van der Waals surface area contributed by atoms with Gasteiger partial charge in [-0.25, -0.2) is 0 Å². The van der Waals surface area contributed by atoms with Crippen molar-refractivity contribution < 1.29 is 15.3 Å². The Hall–Kier alpha value is -0.120. The fraction of sp³-hybridized carbons (Fsp3) is 1.00. The third kappa shape index (κ3) is 70.4. The molecule has 0 saturated carbocycles. The fourth-order valence-corrected chi connectivity index (χ4v) is 8.16. The fourth-order valence-electron chi connectivity index (χ4n) is 8.16. The molecule has 354 valence electrons. The van der Waals surface area contributed by atoms with Crippen LogP contribution in [0.1, 0.15) is 335 Å². The second-order valence-corrected chi connectivity index (χ2v) is 18.4. The normalized spacial score (nSPS) is 11.1. The summed E-state index contributed by atoms with van der Waals surface area (Å²) in [5, 5.41) is 25.9. The van der Waals surface area contributed by atoms with Crippen LogP contribution in [0.15, 0.2) is 0 Å². The van der Waals surface area contributed by atoms with Crippen LogP contribution in [-0.4, -0.2) is 35.1 Å². The van der Waals surface area contributed by atoms with Crippen LogP contribution in [0.3, 0.4) is 0 Å². The molecule has 0 spiro atoms. The zero-order chi connectivity index (χ0) is 42.8. The molecule has 58 heavy (non-hydrogen) atoms. The molecule has 0 aliphatic heterocycles. The average molecular weight is 826 g/mol. The van der Waals surface area contributed by atoms with Crippen LogP contribution in [0.5, 0.6) is 0 Å². The number of rotatable bonds is 49. The molecule has 3 nitrogen and oxygen atoms in total. The van der Waals surface area contributed by atoms with Crippen LogP contribution >= 0.6 is 0 Å². The van der Waals surface area contributed by atoms with Crippen molar-refractivity contribution >= 4 is 0 Å². The first kappa shape index (κ1) is 62.2. The zero-order valence-corrected chi connectivity index (χ0v) is 41.1. The highest BCUT2D eigenvalue weighted by Gasteiger charge is 1.97. The Morgan fingerprint density at radius 1 is 0.138 bits per heavy atom. The molecular formula is C55H116O3. The lowest BCUT2D eigenvalue weighted by molar-refractivity contribution is 0.282. The molecule has 0 fully saturated rings. The van der Waals surface area contributed by atoms with Gasteiger partial charge in [0.05, 0.1) is 0 Å². The maximum atomic E-state index is 8.74.